The highest BCUT2D eigenvalue weighted by Gasteiger charge is 2.45. The minimum Gasteiger partial charge on any atom is -0.462 e. The van der Waals surface area contributed by atoms with Gasteiger partial charge in [0.05, 0.1) is 25.2 Å². The van der Waals surface area contributed by atoms with Crippen LogP contribution in [-0.2, 0) is 37.4 Å². The average molecular weight is 699 g/mol. The van der Waals surface area contributed by atoms with Crippen molar-refractivity contribution >= 4 is 27.9 Å². The third-order valence-electron chi connectivity index (χ3n) is 10.7. The van der Waals surface area contributed by atoms with Crippen molar-refractivity contribution in [3.05, 3.63) is 23.8 Å². The summed E-state index contributed by atoms with van der Waals surface area (Å²) < 4.78 is 43.0. The Kier molecular flexibility index (Phi) is 15.0. The normalized spacial score (nSPS) is 29.1. The van der Waals surface area contributed by atoms with Crippen molar-refractivity contribution in [1.82, 2.24) is 0 Å². The number of hydrogen-bond acceptors (Lipinski definition) is 9. The van der Waals surface area contributed by atoms with Gasteiger partial charge in [-0.1, -0.05) is 66.7 Å². The van der Waals surface area contributed by atoms with E-state index in [1.165, 1.54) is 0 Å². The van der Waals surface area contributed by atoms with Crippen molar-refractivity contribution < 1.29 is 42.2 Å². The Labute approximate surface area is 285 Å². The summed E-state index contributed by atoms with van der Waals surface area (Å²) in [5, 5.41) is -0.201. The van der Waals surface area contributed by atoms with Crippen LogP contribution in [-0.4, -0.2) is 62.9 Å². The number of fused-ring (bicyclic) bond motifs is 1. The molecule has 2 aliphatic carbocycles. The Morgan fingerprint density at radius 2 is 1.79 bits per heavy atom. The summed E-state index contributed by atoms with van der Waals surface area (Å²) in [5.74, 6) is -0.0322. The number of rotatable bonds is 18. The van der Waals surface area contributed by atoms with Crippen LogP contribution in [0.3, 0.4) is 0 Å². The summed E-state index contributed by atoms with van der Waals surface area (Å²) in [7, 11) is -5.84. The molecule has 1 heterocycles. The predicted octanol–water partition coefficient (Wildman–Crippen LogP) is 8.57. The number of carbonyl (C=O) groups is 2. The van der Waals surface area contributed by atoms with Gasteiger partial charge in [-0.15, -0.1) is 0 Å². The van der Waals surface area contributed by atoms with E-state index in [1.807, 2.05) is 40.8 Å². The second kappa shape index (κ2) is 17.6. The van der Waals surface area contributed by atoms with Gasteiger partial charge in [0.25, 0.3) is 0 Å². The largest absolute Gasteiger partial charge is 0.462 e. The number of allylic oxidation sites excluding steroid dienone is 2. The van der Waals surface area contributed by atoms with Gasteiger partial charge < -0.3 is 28.1 Å². The lowest BCUT2D eigenvalue weighted by Gasteiger charge is -2.44. The lowest BCUT2D eigenvalue weighted by Crippen LogP contribution is -2.44. The number of carbonyl (C=O) groups excluding carboxylic acids is 2. The number of esters is 2. The molecular formula is C36H63O9PSi. The van der Waals surface area contributed by atoms with Crippen LogP contribution >= 0.6 is 7.60 Å². The van der Waals surface area contributed by atoms with E-state index < -0.39 is 28.1 Å². The standard InChI is InChI=1S/C36H63O9PSi/c1-10-17-42-46(39,43-18-11-2)24-41-30-21-28-14-13-26(5)31(34(28)32(22-30)45-35(38)25(4)12-3)16-15-29-19-27(20-33(37)44-29)23-36(6,7)47(8,9)40/h13-14,21,25-27,29-32,34,40H,10-12,15-20,22-24H2,1-9H3/t25-,26-,27+,29+,30+,31-,32-,34-/m0/s1. The highest BCUT2D eigenvalue weighted by atomic mass is 31.2. The molecule has 0 amide bonds. The quantitative estimate of drug-likeness (QED) is 0.0853. The fraction of sp³-hybridized carbons (Fsp3) is 0.833. The lowest BCUT2D eigenvalue weighted by molar-refractivity contribution is -0.161. The maximum absolute atomic E-state index is 13.4. The summed E-state index contributed by atoms with van der Waals surface area (Å²) >= 11 is 0. The molecule has 1 saturated heterocycles. The van der Waals surface area contributed by atoms with E-state index >= 15 is 0 Å². The van der Waals surface area contributed by atoms with Crippen molar-refractivity contribution in [1.29, 1.82) is 0 Å². The first-order valence-electron chi connectivity index (χ1n) is 18.0. The van der Waals surface area contributed by atoms with E-state index in [2.05, 4.69) is 39.0 Å². The summed E-state index contributed by atoms with van der Waals surface area (Å²) in [5.41, 5.74) is 1.06. The second-order valence-electron chi connectivity index (χ2n) is 15.3. The van der Waals surface area contributed by atoms with Gasteiger partial charge in [-0.05, 0) is 86.4 Å². The third kappa shape index (κ3) is 11.4. The topological polar surface area (TPSA) is 118 Å². The average Bonchev–Trinajstić information content (AvgIpc) is 3.00. The summed E-state index contributed by atoms with van der Waals surface area (Å²) in [4.78, 5) is 36.7. The second-order valence-corrected chi connectivity index (χ2v) is 21.8. The van der Waals surface area contributed by atoms with Gasteiger partial charge in [-0.3, -0.25) is 14.2 Å². The van der Waals surface area contributed by atoms with Crippen LogP contribution in [0.4, 0.5) is 0 Å². The number of cyclic esters (lactones) is 1. The highest BCUT2D eigenvalue weighted by Crippen LogP contribution is 2.50. The minimum atomic E-state index is -3.44. The first kappa shape index (κ1) is 40.1. The fourth-order valence-electron chi connectivity index (χ4n) is 6.93. The number of hydrogen-bond donors (Lipinski definition) is 1. The minimum absolute atomic E-state index is 0.0300. The van der Waals surface area contributed by atoms with Gasteiger partial charge in [0.2, 0.25) is 0 Å². The monoisotopic (exact) mass is 698 g/mol. The van der Waals surface area contributed by atoms with Gasteiger partial charge >= 0.3 is 19.5 Å². The van der Waals surface area contributed by atoms with Gasteiger partial charge in [-0.25, -0.2) is 0 Å². The van der Waals surface area contributed by atoms with Crippen molar-refractivity contribution in [2.75, 3.05) is 19.6 Å². The molecule has 8 atom stereocenters. The first-order valence-corrected chi connectivity index (χ1v) is 22.7. The maximum Gasteiger partial charge on any atom is 0.356 e. The fourth-order valence-corrected chi connectivity index (χ4v) is 9.24. The Balaban J connectivity index is 1.79. The molecule has 0 saturated carbocycles. The first-order chi connectivity index (χ1) is 22.0. The van der Waals surface area contributed by atoms with Gasteiger partial charge in [0.1, 0.15) is 18.6 Å². The van der Waals surface area contributed by atoms with Gasteiger partial charge in [0, 0.05) is 18.8 Å². The molecule has 270 valence electrons. The molecule has 0 radical (unpaired) electrons. The van der Waals surface area contributed by atoms with E-state index in [9.17, 15) is 18.9 Å². The molecule has 1 N–H and O–H groups in total. The Morgan fingerprint density at radius 3 is 2.38 bits per heavy atom. The molecule has 3 aliphatic rings. The molecule has 1 fully saturated rings. The molecule has 0 unspecified atom stereocenters. The molecule has 0 aromatic carbocycles. The third-order valence-corrected chi connectivity index (χ3v) is 15.8. The van der Waals surface area contributed by atoms with Crippen molar-refractivity contribution in [2.24, 2.45) is 29.6 Å². The predicted molar refractivity (Wildman–Crippen MR) is 187 cm³/mol. The zero-order valence-electron chi connectivity index (χ0n) is 30.5. The van der Waals surface area contributed by atoms with E-state index in [-0.39, 0.29) is 59.0 Å². The van der Waals surface area contributed by atoms with Crippen molar-refractivity contribution in [2.45, 2.75) is 143 Å². The maximum atomic E-state index is 13.4. The molecule has 0 bridgehead atoms. The van der Waals surface area contributed by atoms with Crippen LogP contribution in [0.2, 0.25) is 18.1 Å². The summed E-state index contributed by atoms with van der Waals surface area (Å²) in [6.07, 6.45) is 11.4. The zero-order valence-corrected chi connectivity index (χ0v) is 32.4. The Hall–Kier alpha value is -1.29. The molecule has 9 nitrogen and oxygen atoms in total. The van der Waals surface area contributed by atoms with Crippen molar-refractivity contribution in [3.8, 4) is 0 Å². The lowest BCUT2D eigenvalue weighted by atomic mass is 9.66. The van der Waals surface area contributed by atoms with Crippen LogP contribution in [0, 0.1) is 29.6 Å². The smallest absolute Gasteiger partial charge is 0.356 e. The Bertz CT molecular complexity index is 1130. The van der Waals surface area contributed by atoms with Crippen LogP contribution in [0.1, 0.15) is 106 Å². The van der Waals surface area contributed by atoms with E-state index in [4.69, 9.17) is 23.3 Å². The molecule has 1 aliphatic heterocycles. The molecular weight excluding hydrogens is 635 g/mol. The van der Waals surface area contributed by atoms with E-state index in [0.29, 0.717) is 45.3 Å². The highest BCUT2D eigenvalue weighted by molar-refractivity contribution is 7.53. The van der Waals surface area contributed by atoms with Crippen molar-refractivity contribution in [3.63, 3.8) is 0 Å². The van der Waals surface area contributed by atoms with Crippen LogP contribution in [0.25, 0.3) is 0 Å². The van der Waals surface area contributed by atoms with Crippen LogP contribution < -0.4 is 0 Å². The van der Waals surface area contributed by atoms with E-state index in [0.717, 1.165) is 31.3 Å². The van der Waals surface area contributed by atoms with Crippen LogP contribution in [0.5, 0.6) is 0 Å². The van der Waals surface area contributed by atoms with Gasteiger partial charge in [-0.2, -0.15) is 0 Å². The molecule has 47 heavy (non-hydrogen) atoms. The molecule has 0 aromatic rings. The molecule has 0 spiro atoms. The summed E-state index contributed by atoms with van der Waals surface area (Å²) in [6.45, 7) is 18.8. The number of ether oxygens (including phenoxy) is 3. The molecule has 0 aromatic heterocycles. The summed E-state index contributed by atoms with van der Waals surface area (Å²) in [6, 6.07) is 0. The molecule has 3 rings (SSSR count). The van der Waals surface area contributed by atoms with Crippen LogP contribution in [0.15, 0.2) is 23.8 Å². The molecule has 11 heteroatoms. The van der Waals surface area contributed by atoms with E-state index in [1.54, 1.807) is 0 Å². The SMILES string of the molecule is CCCOP(=O)(CO[C@@H]1C=C2C=C[C@H](C)[C@H](CC[C@@H]3C[C@@H](CC(C)(C)[Si](C)(C)O)CC(=O)O3)[C@H]2[C@@H](OC(=O)[C@@H](C)CC)C1)OCCC. The zero-order chi connectivity index (χ0) is 35.0. The Morgan fingerprint density at radius 1 is 1.13 bits per heavy atom. The van der Waals surface area contributed by atoms with Gasteiger partial charge in [0.15, 0.2) is 8.32 Å².